The number of sulfonamides is 1. The molecule has 0 radical (unpaired) electrons. The highest BCUT2D eigenvalue weighted by Gasteiger charge is 2.16. The van der Waals surface area contributed by atoms with E-state index < -0.39 is 15.9 Å². The summed E-state index contributed by atoms with van der Waals surface area (Å²) in [6.07, 6.45) is 8.39. The molecule has 2 aromatic rings. The van der Waals surface area contributed by atoms with Crippen LogP contribution >= 0.6 is 0 Å². The smallest absolute Gasteiger partial charge is 0.250 e. The Morgan fingerprint density at radius 2 is 1.68 bits per heavy atom. The lowest BCUT2D eigenvalue weighted by Crippen LogP contribution is -2.34. The first-order valence-electron chi connectivity index (χ1n) is 10.0. The monoisotopic (exact) mass is 442 g/mol. The second-order valence-electron chi connectivity index (χ2n) is 7.64. The van der Waals surface area contributed by atoms with E-state index in [-0.39, 0.29) is 28.1 Å². The van der Waals surface area contributed by atoms with Gasteiger partial charge >= 0.3 is 0 Å². The minimum Gasteiger partial charge on any atom is -0.398 e. The Labute approximate surface area is 181 Å². The summed E-state index contributed by atoms with van der Waals surface area (Å²) in [4.78, 5) is 24.1. The number of anilines is 1. The van der Waals surface area contributed by atoms with E-state index in [0.717, 1.165) is 25.7 Å². The van der Waals surface area contributed by atoms with Gasteiger partial charge in [0.1, 0.15) is 0 Å². The van der Waals surface area contributed by atoms with Crippen LogP contribution in [-0.4, -0.2) is 26.3 Å². The number of primary amides is 1. The summed E-state index contributed by atoms with van der Waals surface area (Å²) in [5.74, 6) is -0.912. The molecule has 1 aliphatic rings. The molecule has 0 aromatic heterocycles. The first kappa shape index (κ1) is 22.5. The van der Waals surface area contributed by atoms with Gasteiger partial charge in [0.05, 0.1) is 16.1 Å². The zero-order valence-electron chi connectivity index (χ0n) is 17.0. The summed E-state index contributed by atoms with van der Waals surface area (Å²) < 4.78 is 23.0. The summed E-state index contributed by atoms with van der Waals surface area (Å²) in [7, 11) is -3.83. The van der Waals surface area contributed by atoms with Crippen LogP contribution in [0.5, 0.6) is 0 Å². The van der Waals surface area contributed by atoms with Gasteiger partial charge in [0.15, 0.2) is 0 Å². The van der Waals surface area contributed by atoms with E-state index in [1.165, 1.54) is 30.7 Å². The van der Waals surface area contributed by atoms with Crippen molar-refractivity contribution < 1.29 is 18.0 Å². The maximum atomic E-state index is 12.3. The lowest BCUT2D eigenvalue weighted by atomic mass is 9.95. The Balaban J connectivity index is 1.90. The molecule has 0 heterocycles. The van der Waals surface area contributed by atoms with Crippen molar-refractivity contribution in [2.24, 2.45) is 10.9 Å². The molecule has 2 aromatic carbocycles. The quantitative estimate of drug-likeness (QED) is 0.398. The van der Waals surface area contributed by atoms with Crippen molar-refractivity contribution >= 4 is 33.6 Å². The lowest BCUT2D eigenvalue weighted by Gasteiger charge is -2.21. The SMILES string of the molecule is NC(=O)c1cc(/C=C/C(=O)NC2CCCCC2)cc(-c2ccc(S(N)(=O)=O)cc2)c1N. The van der Waals surface area contributed by atoms with E-state index in [1.54, 1.807) is 24.3 Å². The molecule has 1 aliphatic carbocycles. The van der Waals surface area contributed by atoms with Crippen molar-refractivity contribution in [2.75, 3.05) is 5.73 Å². The van der Waals surface area contributed by atoms with Crippen molar-refractivity contribution in [1.82, 2.24) is 5.32 Å². The normalized spacial score (nSPS) is 15.1. The summed E-state index contributed by atoms with van der Waals surface area (Å²) in [6.45, 7) is 0. The van der Waals surface area contributed by atoms with Crippen LogP contribution in [0.15, 0.2) is 47.4 Å². The average molecular weight is 443 g/mol. The predicted molar refractivity (Wildman–Crippen MR) is 120 cm³/mol. The van der Waals surface area contributed by atoms with Crippen molar-refractivity contribution in [1.29, 1.82) is 0 Å². The van der Waals surface area contributed by atoms with Crippen LogP contribution in [-0.2, 0) is 14.8 Å². The molecule has 164 valence electrons. The molecule has 1 saturated carbocycles. The number of carbonyl (C=O) groups excluding carboxylic acids is 2. The third kappa shape index (κ3) is 5.71. The second-order valence-corrected chi connectivity index (χ2v) is 9.20. The number of primary sulfonamides is 1. The number of nitrogens with one attached hydrogen (secondary N) is 1. The van der Waals surface area contributed by atoms with Gasteiger partial charge in [0.25, 0.3) is 5.91 Å². The van der Waals surface area contributed by atoms with Gasteiger partial charge in [-0.3, -0.25) is 9.59 Å². The van der Waals surface area contributed by atoms with E-state index >= 15 is 0 Å². The Morgan fingerprint density at radius 3 is 2.26 bits per heavy atom. The van der Waals surface area contributed by atoms with Crippen LogP contribution in [0.3, 0.4) is 0 Å². The van der Waals surface area contributed by atoms with Crippen LogP contribution in [0.2, 0.25) is 0 Å². The van der Waals surface area contributed by atoms with Gasteiger partial charge in [0.2, 0.25) is 15.9 Å². The maximum Gasteiger partial charge on any atom is 0.250 e. The molecule has 0 spiro atoms. The molecule has 0 bridgehead atoms. The molecule has 0 unspecified atom stereocenters. The molecule has 0 aliphatic heterocycles. The van der Waals surface area contributed by atoms with Gasteiger partial charge in [0, 0.05) is 17.7 Å². The Kier molecular flexibility index (Phi) is 6.77. The zero-order chi connectivity index (χ0) is 22.6. The first-order valence-corrected chi connectivity index (χ1v) is 11.5. The molecule has 0 saturated heterocycles. The summed E-state index contributed by atoms with van der Waals surface area (Å²) in [5.41, 5.74) is 13.5. The van der Waals surface area contributed by atoms with Crippen molar-refractivity contribution in [2.45, 2.75) is 43.0 Å². The van der Waals surface area contributed by atoms with Crippen LogP contribution < -0.4 is 21.9 Å². The number of carbonyl (C=O) groups is 2. The molecule has 31 heavy (non-hydrogen) atoms. The highest BCUT2D eigenvalue weighted by molar-refractivity contribution is 7.89. The van der Waals surface area contributed by atoms with E-state index in [4.69, 9.17) is 16.6 Å². The fourth-order valence-corrected chi connectivity index (χ4v) is 4.22. The standard InChI is InChI=1S/C22H26N4O4S/c23-21-18(15-7-9-17(10-8-15)31(25,29)30)12-14(13-19(21)22(24)28)6-11-20(27)26-16-4-2-1-3-5-16/h6-13,16H,1-5,23H2,(H2,24,28)(H,26,27)(H2,25,29,30)/b11-6+. The number of nitrogen functional groups attached to an aromatic ring is 1. The summed E-state index contributed by atoms with van der Waals surface area (Å²) in [6, 6.07) is 9.20. The van der Waals surface area contributed by atoms with Crippen LogP contribution in [0.4, 0.5) is 5.69 Å². The highest BCUT2D eigenvalue weighted by Crippen LogP contribution is 2.31. The van der Waals surface area contributed by atoms with E-state index in [2.05, 4.69) is 5.32 Å². The average Bonchev–Trinajstić information content (AvgIpc) is 2.73. The topological polar surface area (TPSA) is 158 Å². The minimum atomic E-state index is -3.83. The molecule has 8 nitrogen and oxygen atoms in total. The maximum absolute atomic E-state index is 12.3. The first-order chi connectivity index (χ1) is 14.6. The number of benzene rings is 2. The predicted octanol–water partition coefficient (Wildman–Crippen LogP) is 2.14. The molecule has 2 amide bonds. The highest BCUT2D eigenvalue weighted by atomic mass is 32.2. The third-order valence-corrected chi connectivity index (χ3v) is 6.27. The van der Waals surface area contributed by atoms with Gasteiger partial charge in [-0.05, 0) is 54.3 Å². The third-order valence-electron chi connectivity index (χ3n) is 5.34. The van der Waals surface area contributed by atoms with Crippen LogP contribution in [0, 0.1) is 0 Å². The van der Waals surface area contributed by atoms with E-state index in [1.807, 2.05) is 0 Å². The molecular weight excluding hydrogens is 416 g/mol. The minimum absolute atomic E-state index is 0.0413. The molecule has 9 heteroatoms. The van der Waals surface area contributed by atoms with Crippen molar-refractivity contribution in [3.63, 3.8) is 0 Å². The van der Waals surface area contributed by atoms with E-state index in [0.29, 0.717) is 16.7 Å². The van der Waals surface area contributed by atoms with Gasteiger partial charge in [-0.25, -0.2) is 13.6 Å². The lowest BCUT2D eigenvalue weighted by molar-refractivity contribution is -0.117. The molecule has 3 rings (SSSR count). The second kappa shape index (κ2) is 9.32. The fraction of sp³-hybridized carbons (Fsp3) is 0.273. The van der Waals surface area contributed by atoms with Crippen molar-refractivity contribution in [3.8, 4) is 11.1 Å². The van der Waals surface area contributed by atoms with E-state index in [9.17, 15) is 18.0 Å². The number of rotatable bonds is 6. The Morgan fingerprint density at radius 1 is 1.03 bits per heavy atom. The fourth-order valence-electron chi connectivity index (χ4n) is 3.71. The van der Waals surface area contributed by atoms with Crippen molar-refractivity contribution in [3.05, 3.63) is 53.6 Å². The van der Waals surface area contributed by atoms with Crippen LogP contribution in [0.25, 0.3) is 17.2 Å². The summed E-state index contributed by atoms with van der Waals surface area (Å²) in [5, 5.41) is 8.13. The zero-order valence-corrected chi connectivity index (χ0v) is 17.8. The number of amides is 2. The van der Waals surface area contributed by atoms with Gasteiger partial charge in [-0.2, -0.15) is 0 Å². The van der Waals surface area contributed by atoms with Crippen LogP contribution in [0.1, 0.15) is 48.0 Å². The molecule has 7 N–H and O–H groups in total. The Hall–Kier alpha value is -3.17. The number of hydrogen-bond acceptors (Lipinski definition) is 5. The van der Waals surface area contributed by atoms with Gasteiger partial charge < -0.3 is 16.8 Å². The number of hydrogen-bond donors (Lipinski definition) is 4. The van der Waals surface area contributed by atoms with Gasteiger partial charge in [-0.15, -0.1) is 0 Å². The molecule has 1 fully saturated rings. The summed E-state index contributed by atoms with van der Waals surface area (Å²) >= 11 is 0. The molecular formula is C22H26N4O4S. The largest absolute Gasteiger partial charge is 0.398 e. The Bertz CT molecular complexity index is 1120. The molecule has 0 atom stereocenters. The van der Waals surface area contributed by atoms with Gasteiger partial charge in [-0.1, -0.05) is 31.4 Å². The number of nitrogens with two attached hydrogens (primary N) is 3.